The molecule has 2 nitrogen and oxygen atoms in total. The number of halogens is 2. The number of hydrogen-bond donors (Lipinski definition) is 1. The highest BCUT2D eigenvalue weighted by Gasteiger charge is 2.29. The lowest BCUT2D eigenvalue weighted by molar-refractivity contribution is 0.0982. The number of piperazine rings is 1. The first-order valence-electron chi connectivity index (χ1n) is 7.96. The van der Waals surface area contributed by atoms with Gasteiger partial charge in [0.15, 0.2) is 0 Å². The van der Waals surface area contributed by atoms with Crippen molar-refractivity contribution in [2.45, 2.75) is 52.2 Å². The van der Waals surface area contributed by atoms with Crippen LogP contribution in [0.4, 0.5) is 8.78 Å². The zero-order chi connectivity index (χ0) is 15.4. The lowest BCUT2D eigenvalue weighted by Crippen LogP contribution is -2.57. The van der Waals surface area contributed by atoms with Crippen LogP contribution in [-0.4, -0.2) is 30.1 Å². The maximum atomic E-state index is 13.9. The molecule has 0 saturated carbocycles. The Morgan fingerprint density at radius 3 is 2.71 bits per heavy atom. The quantitative estimate of drug-likeness (QED) is 0.893. The Labute approximate surface area is 126 Å². The molecule has 3 unspecified atom stereocenters. The SMILES string of the molecule is CCC(C)C1CN(Cc2ccc(F)cc2F)C(CC)CN1. The summed E-state index contributed by atoms with van der Waals surface area (Å²) in [4.78, 5) is 2.34. The Balaban J connectivity index is 2.10. The van der Waals surface area contributed by atoms with Crippen LogP contribution in [0.1, 0.15) is 39.2 Å². The largest absolute Gasteiger partial charge is 0.311 e. The Morgan fingerprint density at radius 1 is 1.33 bits per heavy atom. The molecule has 0 spiro atoms. The molecule has 118 valence electrons. The van der Waals surface area contributed by atoms with Crippen LogP contribution in [0.15, 0.2) is 18.2 Å². The third kappa shape index (κ3) is 4.01. The average Bonchev–Trinajstić information content (AvgIpc) is 2.49. The predicted octanol–water partition coefficient (Wildman–Crippen LogP) is 3.56. The molecule has 1 fully saturated rings. The number of nitrogens with one attached hydrogen (secondary N) is 1. The fourth-order valence-electron chi connectivity index (χ4n) is 3.01. The van der Waals surface area contributed by atoms with Crippen molar-refractivity contribution in [2.75, 3.05) is 13.1 Å². The van der Waals surface area contributed by atoms with Crippen molar-refractivity contribution in [2.24, 2.45) is 5.92 Å². The molecule has 1 aromatic rings. The van der Waals surface area contributed by atoms with Gasteiger partial charge < -0.3 is 5.32 Å². The Kier molecular flexibility index (Phi) is 5.71. The van der Waals surface area contributed by atoms with E-state index < -0.39 is 11.6 Å². The minimum absolute atomic E-state index is 0.412. The van der Waals surface area contributed by atoms with Gasteiger partial charge in [0, 0.05) is 43.3 Å². The summed E-state index contributed by atoms with van der Waals surface area (Å²) in [6.07, 6.45) is 2.16. The normalized spacial score (nSPS) is 25.0. The molecule has 0 amide bonds. The van der Waals surface area contributed by atoms with Crippen LogP contribution in [0, 0.1) is 17.6 Å². The third-order valence-corrected chi connectivity index (χ3v) is 4.75. The van der Waals surface area contributed by atoms with Crippen LogP contribution in [0.25, 0.3) is 0 Å². The summed E-state index contributed by atoms with van der Waals surface area (Å²) in [6, 6.07) is 4.74. The lowest BCUT2D eigenvalue weighted by atomic mass is 9.94. The summed E-state index contributed by atoms with van der Waals surface area (Å²) in [5.41, 5.74) is 0.583. The predicted molar refractivity (Wildman–Crippen MR) is 82.1 cm³/mol. The van der Waals surface area contributed by atoms with Gasteiger partial charge in [0.25, 0.3) is 0 Å². The van der Waals surface area contributed by atoms with Gasteiger partial charge in [0.2, 0.25) is 0 Å². The maximum Gasteiger partial charge on any atom is 0.130 e. The molecule has 1 aliphatic heterocycles. The van der Waals surface area contributed by atoms with E-state index in [0.717, 1.165) is 32.0 Å². The first-order valence-corrected chi connectivity index (χ1v) is 7.96. The van der Waals surface area contributed by atoms with E-state index in [-0.39, 0.29) is 0 Å². The van der Waals surface area contributed by atoms with E-state index in [4.69, 9.17) is 0 Å². The molecule has 1 saturated heterocycles. The highest BCUT2D eigenvalue weighted by Crippen LogP contribution is 2.21. The van der Waals surface area contributed by atoms with E-state index in [1.54, 1.807) is 6.07 Å². The van der Waals surface area contributed by atoms with Crippen LogP contribution in [0.5, 0.6) is 0 Å². The molecule has 1 heterocycles. The second kappa shape index (κ2) is 7.32. The zero-order valence-electron chi connectivity index (χ0n) is 13.2. The standard InChI is InChI=1S/C17H26F2N2/c1-4-12(3)17-11-21(15(5-2)9-20-17)10-13-6-7-14(18)8-16(13)19/h6-8,12,15,17,20H,4-5,9-11H2,1-3H3. The van der Waals surface area contributed by atoms with Gasteiger partial charge in [-0.1, -0.05) is 33.3 Å². The van der Waals surface area contributed by atoms with E-state index >= 15 is 0 Å². The van der Waals surface area contributed by atoms with Gasteiger partial charge in [-0.05, 0) is 18.4 Å². The van der Waals surface area contributed by atoms with Crippen LogP contribution in [0.2, 0.25) is 0 Å². The highest BCUT2D eigenvalue weighted by atomic mass is 19.1. The van der Waals surface area contributed by atoms with Gasteiger partial charge in [-0.15, -0.1) is 0 Å². The van der Waals surface area contributed by atoms with Crippen LogP contribution in [0.3, 0.4) is 0 Å². The maximum absolute atomic E-state index is 13.9. The van der Waals surface area contributed by atoms with E-state index in [9.17, 15) is 8.78 Å². The summed E-state index contributed by atoms with van der Waals surface area (Å²) < 4.78 is 26.9. The minimum atomic E-state index is -0.513. The number of hydrogen-bond acceptors (Lipinski definition) is 2. The summed E-state index contributed by atoms with van der Waals surface area (Å²) >= 11 is 0. The molecule has 0 bridgehead atoms. The van der Waals surface area contributed by atoms with Gasteiger partial charge in [0.05, 0.1) is 0 Å². The summed E-state index contributed by atoms with van der Waals surface area (Å²) in [7, 11) is 0. The molecule has 0 radical (unpaired) electrons. The Morgan fingerprint density at radius 2 is 2.10 bits per heavy atom. The molecule has 0 aromatic heterocycles. The smallest absolute Gasteiger partial charge is 0.130 e. The van der Waals surface area contributed by atoms with Gasteiger partial charge >= 0.3 is 0 Å². The first kappa shape index (κ1) is 16.4. The fraction of sp³-hybridized carbons (Fsp3) is 0.647. The van der Waals surface area contributed by atoms with Gasteiger partial charge in [0.1, 0.15) is 11.6 Å². The summed E-state index contributed by atoms with van der Waals surface area (Å²) in [5.74, 6) is -0.354. The minimum Gasteiger partial charge on any atom is -0.311 e. The van der Waals surface area contributed by atoms with Crippen molar-refractivity contribution >= 4 is 0 Å². The second-order valence-corrected chi connectivity index (χ2v) is 6.13. The van der Waals surface area contributed by atoms with Crippen molar-refractivity contribution in [3.8, 4) is 0 Å². The highest BCUT2D eigenvalue weighted by molar-refractivity contribution is 5.18. The van der Waals surface area contributed by atoms with E-state index in [0.29, 0.717) is 30.1 Å². The third-order valence-electron chi connectivity index (χ3n) is 4.75. The Bertz CT molecular complexity index is 464. The molecular formula is C17H26F2N2. The molecule has 1 aliphatic rings. The lowest BCUT2D eigenvalue weighted by Gasteiger charge is -2.42. The summed E-state index contributed by atoms with van der Waals surface area (Å²) in [5, 5.41) is 3.61. The number of nitrogens with zero attached hydrogens (tertiary/aromatic N) is 1. The molecule has 1 N–H and O–H groups in total. The monoisotopic (exact) mass is 296 g/mol. The summed E-state index contributed by atoms with van der Waals surface area (Å²) in [6.45, 7) is 9.02. The van der Waals surface area contributed by atoms with Crippen molar-refractivity contribution in [1.29, 1.82) is 0 Å². The molecule has 3 atom stereocenters. The van der Waals surface area contributed by atoms with Gasteiger partial charge in [-0.3, -0.25) is 4.90 Å². The van der Waals surface area contributed by atoms with Crippen LogP contribution < -0.4 is 5.32 Å². The van der Waals surface area contributed by atoms with Crippen LogP contribution >= 0.6 is 0 Å². The molecule has 0 aliphatic carbocycles. The second-order valence-electron chi connectivity index (χ2n) is 6.13. The van der Waals surface area contributed by atoms with Crippen molar-refractivity contribution < 1.29 is 8.78 Å². The van der Waals surface area contributed by atoms with Crippen molar-refractivity contribution in [1.82, 2.24) is 10.2 Å². The fourth-order valence-corrected chi connectivity index (χ4v) is 3.01. The number of rotatable bonds is 5. The molecule has 2 rings (SSSR count). The molecule has 21 heavy (non-hydrogen) atoms. The molecule has 1 aromatic carbocycles. The topological polar surface area (TPSA) is 15.3 Å². The molecular weight excluding hydrogens is 270 g/mol. The van der Waals surface area contributed by atoms with E-state index in [2.05, 4.69) is 31.0 Å². The van der Waals surface area contributed by atoms with Crippen LogP contribution in [-0.2, 0) is 6.54 Å². The number of benzene rings is 1. The average molecular weight is 296 g/mol. The van der Waals surface area contributed by atoms with Crippen molar-refractivity contribution in [3.05, 3.63) is 35.4 Å². The first-order chi connectivity index (χ1) is 10.0. The van der Waals surface area contributed by atoms with Gasteiger partial charge in [-0.25, -0.2) is 8.78 Å². The zero-order valence-corrected chi connectivity index (χ0v) is 13.2. The van der Waals surface area contributed by atoms with Crippen molar-refractivity contribution in [3.63, 3.8) is 0 Å². The van der Waals surface area contributed by atoms with E-state index in [1.807, 2.05) is 0 Å². The Hall–Kier alpha value is -1.00. The van der Waals surface area contributed by atoms with Gasteiger partial charge in [-0.2, -0.15) is 0 Å². The van der Waals surface area contributed by atoms with E-state index in [1.165, 1.54) is 6.07 Å². The molecule has 4 heteroatoms.